The zero-order valence-electron chi connectivity index (χ0n) is 28.5. The van der Waals surface area contributed by atoms with Crippen molar-refractivity contribution >= 4 is 23.5 Å². The lowest BCUT2D eigenvalue weighted by Gasteiger charge is -2.12. The Kier molecular flexibility index (Phi) is 16.5. The maximum atomic E-state index is 12.8. The van der Waals surface area contributed by atoms with Crippen LogP contribution in [-0.4, -0.2) is 52.2 Å². The molecule has 0 spiro atoms. The maximum Gasteiger partial charge on any atom is 0.433 e. The molecule has 2 aromatic heterocycles. The van der Waals surface area contributed by atoms with Gasteiger partial charge in [0.2, 0.25) is 5.88 Å². The highest BCUT2D eigenvalue weighted by Gasteiger charge is 2.34. The molecule has 0 amide bonds. The number of methoxy groups -OCH3 is 2. The molecule has 4 rings (SSSR count). The van der Waals surface area contributed by atoms with Crippen LogP contribution < -0.4 is 15.0 Å². The van der Waals surface area contributed by atoms with Crippen molar-refractivity contribution in [3.63, 3.8) is 0 Å². The first-order chi connectivity index (χ1) is 24.4. The number of H-pyrrole nitrogens is 1. The van der Waals surface area contributed by atoms with Crippen molar-refractivity contribution in [1.82, 2.24) is 19.9 Å². The standard InChI is InChI=1S/C16H15F3N2O3.C10H11ClO2.C8H9F3N2O2/c1-10-20-13(16(17,18)19)8-14(21-10)24-9-12-6-4-3-5-11(12)7-15(22)23-2;1-13-10(12)6-8-4-2-3-5-9(8)7-11;1-4(2)15-7-12-5(8(9,10)11)3-6(14)13-7/h3-6,8H,7,9H2,1-2H3;2-5H,6-7H2,1H3;3-4H,1-2H3,(H,12,13,14). The van der Waals surface area contributed by atoms with Gasteiger partial charge in [0.15, 0.2) is 11.4 Å². The van der Waals surface area contributed by atoms with E-state index in [-0.39, 0.29) is 36.8 Å². The molecule has 4 aromatic rings. The summed E-state index contributed by atoms with van der Waals surface area (Å²) < 4.78 is 94.3. The number of benzene rings is 2. The fourth-order valence-electron chi connectivity index (χ4n) is 3.96. The van der Waals surface area contributed by atoms with Crippen molar-refractivity contribution in [2.75, 3.05) is 14.2 Å². The van der Waals surface area contributed by atoms with E-state index in [4.69, 9.17) is 21.1 Å². The molecule has 0 aliphatic rings. The smallest absolute Gasteiger partial charge is 0.433 e. The molecule has 282 valence electrons. The van der Waals surface area contributed by atoms with E-state index in [0.717, 1.165) is 17.2 Å². The van der Waals surface area contributed by atoms with Gasteiger partial charge < -0.3 is 18.9 Å². The first-order valence-electron chi connectivity index (χ1n) is 15.1. The Hall–Kier alpha value is -5.19. The second-order valence-electron chi connectivity index (χ2n) is 10.7. The molecule has 0 aliphatic carbocycles. The summed E-state index contributed by atoms with van der Waals surface area (Å²) in [4.78, 5) is 45.6. The van der Waals surface area contributed by atoms with Crippen molar-refractivity contribution in [3.05, 3.63) is 110 Å². The van der Waals surface area contributed by atoms with Crippen molar-refractivity contribution in [2.45, 2.75) is 64.6 Å². The molecule has 0 unspecified atom stereocenters. The SMILES string of the molecule is CC(C)Oc1nc(C(F)(F)F)cc(=O)[nH]1.COC(=O)Cc1ccccc1CCl.COC(=O)Cc1ccccc1COc1cc(C(F)(F)F)nc(C)n1. The quantitative estimate of drug-likeness (QED) is 0.104. The number of halogens is 7. The molecule has 0 aliphatic heterocycles. The minimum atomic E-state index is -4.65. The maximum absolute atomic E-state index is 12.8. The molecule has 0 atom stereocenters. The van der Waals surface area contributed by atoms with Gasteiger partial charge in [0.1, 0.15) is 12.4 Å². The predicted octanol–water partition coefficient (Wildman–Crippen LogP) is 6.82. The third-order valence-corrected chi connectivity index (χ3v) is 6.63. The van der Waals surface area contributed by atoms with Crippen LogP contribution in [0.2, 0.25) is 0 Å². The molecule has 1 N–H and O–H groups in total. The lowest BCUT2D eigenvalue weighted by molar-refractivity contribution is -0.142. The average molecular weight is 761 g/mol. The van der Waals surface area contributed by atoms with Crippen LogP contribution >= 0.6 is 11.6 Å². The number of nitrogens with one attached hydrogen (secondary N) is 1. The van der Waals surface area contributed by atoms with E-state index in [1.807, 2.05) is 24.3 Å². The van der Waals surface area contributed by atoms with Crippen molar-refractivity contribution in [2.24, 2.45) is 0 Å². The highest BCUT2D eigenvalue weighted by atomic mass is 35.5. The molecular weight excluding hydrogens is 726 g/mol. The number of ether oxygens (including phenoxy) is 4. The van der Waals surface area contributed by atoms with E-state index < -0.39 is 41.3 Å². The van der Waals surface area contributed by atoms with Crippen LogP contribution in [0.15, 0.2) is 65.5 Å². The summed E-state index contributed by atoms with van der Waals surface area (Å²) in [5.41, 5.74) is 0.0283. The molecule has 0 radical (unpaired) electrons. The number of esters is 2. The Morgan fingerprint density at radius 1 is 0.769 bits per heavy atom. The van der Waals surface area contributed by atoms with Gasteiger partial charge in [-0.25, -0.2) is 4.98 Å². The number of hydrogen-bond acceptors (Lipinski definition) is 10. The number of nitrogens with zero attached hydrogens (tertiary/aromatic N) is 3. The normalized spacial score (nSPS) is 11.0. The Labute approximate surface area is 299 Å². The summed E-state index contributed by atoms with van der Waals surface area (Å²) in [6.07, 6.45) is -9.25. The second kappa shape index (κ2) is 20.0. The third-order valence-electron chi connectivity index (χ3n) is 6.34. The minimum absolute atomic E-state index is 0.0269. The molecule has 18 heteroatoms. The molecular formula is C34H35ClF6N4O7. The van der Waals surface area contributed by atoms with Gasteiger partial charge >= 0.3 is 24.3 Å². The lowest BCUT2D eigenvalue weighted by atomic mass is 10.1. The van der Waals surface area contributed by atoms with Gasteiger partial charge in [0, 0.05) is 18.0 Å². The number of aryl methyl sites for hydroxylation is 1. The van der Waals surface area contributed by atoms with Crippen LogP contribution in [0.1, 0.15) is 53.3 Å². The van der Waals surface area contributed by atoms with Crippen LogP contribution in [0.25, 0.3) is 0 Å². The zero-order chi connectivity index (χ0) is 39.1. The van der Waals surface area contributed by atoms with Gasteiger partial charge in [-0.2, -0.15) is 36.3 Å². The Bertz CT molecular complexity index is 1840. The summed E-state index contributed by atoms with van der Waals surface area (Å²) in [5, 5.41) is 0. The highest BCUT2D eigenvalue weighted by molar-refractivity contribution is 6.17. The molecule has 0 bridgehead atoms. The number of aromatic amines is 1. The van der Waals surface area contributed by atoms with E-state index in [9.17, 15) is 40.7 Å². The van der Waals surface area contributed by atoms with Gasteiger partial charge in [-0.05, 0) is 43.0 Å². The summed E-state index contributed by atoms with van der Waals surface area (Å²) in [5.74, 6) is -0.449. The van der Waals surface area contributed by atoms with E-state index in [1.54, 1.807) is 38.1 Å². The van der Waals surface area contributed by atoms with E-state index in [2.05, 4.69) is 29.4 Å². The van der Waals surface area contributed by atoms with Gasteiger partial charge in [-0.3, -0.25) is 19.4 Å². The highest BCUT2D eigenvalue weighted by Crippen LogP contribution is 2.30. The Morgan fingerprint density at radius 2 is 1.25 bits per heavy atom. The average Bonchev–Trinajstić information content (AvgIpc) is 3.07. The number of alkyl halides is 7. The van der Waals surface area contributed by atoms with Gasteiger partial charge in [0.25, 0.3) is 11.6 Å². The number of carbonyl (C=O) groups is 2. The van der Waals surface area contributed by atoms with Crippen LogP contribution in [0.4, 0.5) is 26.3 Å². The van der Waals surface area contributed by atoms with E-state index in [1.165, 1.54) is 21.1 Å². The van der Waals surface area contributed by atoms with Crippen LogP contribution in [0.3, 0.4) is 0 Å². The fraction of sp³-hybridized carbons (Fsp3) is 0.353. The molecule has 0 fully saturated rings. The van der Waals surface area contributed by atoms with Crippen molar-refractivity contribution in [3.8, 4) is 11.9 Å². The van der Waals surface area contributed by atoms with Gasteiger partial charge in [-0.15, -0.1) is 11.6 Å². The van der Waals surface area contributed by atoms with Gasteiger partial charge in [-0.1, -0.05) is 48.5 Å². The monoisotopic (exact) mass is 760 g/mol. The Balaban J connectivity index is 0.000000288. The summed E-state index contributed by atoms with van der Waals surface area (Å²) in [7, 11) is 2.66. The largest absolute Gasteiger partial charge is 0.473 e. The van der Waals surface area contributed by atoms with E-state index >= 15 is 0 Å². The van der Waals surface area contributed by atoms with Crippen molar-refractivity contribution in [1.29, 1.82) is 0 Å². The second-order valence-corrected chi connectivity index (χ2v) is 11.0. The molecule has 52 heavy (non-hydrogen) atoms. The summed E-state index contributed by atoms with van der Waals surface area (Å²) in [6.45, 7) is 4.55. The van der Waals surface area contributed by atoms with Crippen LogP contribution in [0, 0.1) is 6.92 Å². The minimum Gasteiger partial charge on any atom is -0.473 e. The van der Waals surface area contributed by atoms with Crippen LogP contribution in [-0.2, 0) is 56.7 Å². The fourth-order valence-corrected chi connectivity index (χ4v) is 4.22. The molecule has 11 nitrogen and oxygen atoms in total. The number of carbonyl (C=O) groups excluding carboxylic acids is 2. The molecule has 0 saturated heterocycles. The molecule has 0 saturated carbocycles. The predicted molar refractivity (Wildman–Crippen MR) is 176 cm³/mol. The van der Waals surface area contributed by atoms with E-state index in [0.29, 0.717) is 29.5 Å². The third kappa shape index (κ3) is 15.0. The molecule has 2 aromatic carbocycles. The van der Waals surface area contributed by atoms with Crippen LogP contribution in [0.5, 0.6) is 11.9 Å². The summed E-state index contributed by atoms with van der Waals surface area (Å²) in [6, 6.07) is 15.2. The number of hydrogen-bond donors (Lipinski definition) is 1. The van der Waals surface area contributed by atoms with Crippen molar-refractivity contribution < 1.29 is 54.9 Å². The summed E-state index contributed by atoms with van der Waals surface area (Å²) >= 11 is 5.71. The molecule has 2 heterocycles. The first kappa shape index (κ1) is 43.0. The number of rotatable bonds is 10. The lowest BCUT2D eigenvalue weighted by Crippen LogP contribution is -2.19. The zero-order valence-corrected chi connectivity index (χ0v) is 29.3. The first-order valence-corrected chi connectivity index (χ1v) is 15.6. The van der Waals surface area contributed by atoms with Gasteiger partial charge in [0.05, 0.1) is 33.2 Å². The number of aromatic nitrogens is 4. The Morgan fingerprint density at radius 3 is 1.73 bits per heavy atom. The topological polar surface area (TPSA) is 143 Å².